The fourth-order valence-electron chi connectivity index (χ4n) is 1.09. The molecule has 0 aromatic rings. The number of hydrogen-bond acceptors (Lipinski definition) is 4. The summed E-state index contributed by atoms with van der Waals surface area (Å²) in [4.78, 5) is 0. The maximum Gasteiger partial charge on any atom is 0.113 e. The Morgan fingerprint density at radius 1 is 1.64 bits per heavy atom. The van der Waals surface area contributed by atoms with Crippen molar-refractivity contribution in [3.63, 3.8) is 0 Å². The van der Waals surface area contributed by atoms with Gasteiger partial charge in [0, 0.05) is 6.00 Å². The predicted octanol–water partition coefficient (Wildman–Crippen LogP) is -2.02. The number of aliphatic hydroxyl groups is 3. The van der Waals surface area contributed by atoms with Crippen molar-refractivity contribution in [2.45, 2.75) is 30.7 Å². The van der Waals surface area contributed by atoms with Crippen LogP contribution in [0.25, 0.3) is 0 Å². The molecule has 0 aromatic carbocycles. The zero-order chi connectivity index (χ0) is 8.65. The number of aliphatic hydroxyl groups excluding tert-OH is 2. The summed E-state index contributed by atoms with van der Waals surface area (Å²) in [6, 6.07) is -0.936. The summed E-state index contributed by atoms with van der Waals surface area (Å²) in [6.07, 6.45) is -1.90. The molecule has 1 unspecified atom stereocenters. The number of hydrogen-bond donors (Lipinski definition) is 3. The minimum Gasteiger partial charge on any atom is -0.394 e. The zero-order valence-corrected chi connectivity index (χ0v) is 6.27. The second-order valence-corrected chi connectivity index (χ2v) is 2.95. The standard InChI is InChI=1S/C6H11BO4/c1-6(10)4(9)3(2-8)11-5(6)7/h3-5,8-10H,2H2,1H3/t3-,4+,5-,6?/m1/s1. The van der Waals surface area contributed by atoms with Crippen LogP contribution in [-0.2, 0) is 4.74 Å². The largest absolute Gasteiger partial charge is 0.394 e. The third-order valence-electron chi connectivity index (χ3n) is 2.03. The van der Waals surface area contributed by atoms with Crippen LogP contribution in [0.5, 0.6) is 0 Å². The van der Waals surface area contributed by atoms with E-state index in [9.17, 15) is 10.2 Å². The van der Waals surface area contributed by atoms with Gasteiger partial charge in [-0.05, 0) is 6.92 Å². The van der Waals surface area contributed by atoms with E-state index in [4.69, 9.17) is 17.7 Å². The van der Waals surface area contributed by atoms with Crippen molar-refractivity contribution in [1.29, 1.82) is 0 Å². The third-order valence-corrected chi connectivity index (χ3v) is 2.03. The molecule has 1 aliphatic rings. The zero-order valence-electron chi connectivity index (χ0n) is 6.27. The minimum absolute atomic E-state index is 0.342. The highest BCUT2D eigenvalue weighted by molar-refractivity contribution is 6.12. The smallest absolute Gasteiger partial charge is 0.113 e. The van der Waals surface area contributed by atoms with Crippen LogP contribution < -0.4 is 0 Å². The second-order valence-electron chi connectivity index (χ2n) is 2.95. The molecule has 1 rings (SSSR count). The summed E-state index contributed by atoms with van der Waals surface area (Å²) in [5.41, 5.74) is -1.46. The molecule has 1 heterocycles. The lowest BCUT2D eigenvalue weighted by Crippen LogP contribution is -2.45. The first-order valence-electron chi connectivity index (χ1n) is 3.42. The topological polar surface area (TPSA) is 69.9 Å². The summed E-state index contributed by atoms with van der Waals surface area (Å²) < 4.78 is 4.87. The molecule has 3 N–H and O–H groups in total. The van der Waals surface area contributed by atoms with Gasteiger partial charge in [0.15, 0.2) is 0 Å². The summed E-state index contributed by atoms with van der Waals surface area (Å²) in [5.74, 6) is 0. The third kappa shape index (κ3) is 1.29. The van der Waals surface area contributed by atoms with Crippen LogP contribution in [0.2, 0.25) is 0 Å². The first-order valence-corrected chi connectivity index (χ1v) is 3.42. The number of rotatable bonds is 1. The molecule has 1 fully saturated rings. The maximum atomic E-state index is 9.42. The van der Waals surface area contributed by atoms with Crippen LogP contribution in [0.3, 0.4) is 0 Å². The van der Waals surface area contributed by atoms with Crippen molar-refractivity contribution in [3.05, 3.63) is 0 Å². The Morgan fingerprint density at radius 3 is 2.36 bits per heavy atom. The highest BCUT2D eigenvalue weighted by Gasteiger charge is 2.48. The molecule has 0 saturated carbocycles. The van der Waals surface area contributed by atoms with Gasteiger partial charge < -0.3 is 20.1 Å². The Hall–Kier alpha value is -0.0951. The Bertz CT molecular complexity index is 150. The average Bonchev–Trinajstić information content (AvgIpc) is 2.14. The molecule has 1 aliphatic heterocycles. The van der Waals surface area contributed by atoms with E-state index in [-0.39, 0.29) is 6.61 Å². The highest BCUT2D eigenvalue weighted by atomic mass is 16.6. The molecule has 4 atom stereocenters. The lowest BCUT2D eigenvalue weighted by Gasteiger charge is -2.24. The Balaban J connectivity index is 2.71. The maximum absolute atomic E-state index is 9.42. The van der Waals surface area contributed by atoms with Crippen molar-refractivity contribution in [3.8, 4) is 0 Å². The molecule has 0 amide bonds. The first-order chi connectivity index (χ1) is 5.00. The Kier molecular flexibility index (Phi) is 2.25. The summed E-state index contributed by atoms with van der Waals surface area (Å²) in [7, 11) is 5.33. The summed E-state index contributed by atoms with van der Waals surface area (Å²) in [5, 5.41) is 27.3. The molecule has 5 heteroatoms. The number of ether oxygens (including phenoxy) is 1. The summed E-state index contributed by atoms with van der Waals surface area (Å²) in [6.45, 7) is 1.03. The van der Waals surface area contributed by atoms with E-state index in [0.29, 0.717) is 0 Å². The molecular weight excluding hydrogens is 147 g/mol. The van der Waals surface area contributed by atoms with E-state index in [1.54, 1.807) is 0 Å². The molecular formula is C6H11BO4. The van der Waals surface area contributed by atoms with Gasteiger partial charge in [-0.1, -0.05) is 0 Å². The van der Waals surface area contributed by atoms with E-state index in [1.165, 1.54) is 6.92 Å². The minimum atomic E-state index is -1.46. The molecule has 62 valence electrons. The van der Waals surface area contributed by atoms with E-state index in [2.05, 4.69) is 0 Å². The molecule has 4 nitrogen and oxygen atoms in total. The summed E-state index contributed by atoms with van der Waals surface area (Å²) >= 11 is 0. The molecule has 0 bridgehead atoms. The van der Waals surface area contributed by atoms with E-state index < -0.39 is 23.8 Å². The van der Waals surface area contributed by atoms with Gasteiger partial charge in [-0.25, -0.2) is 0 Å². The quantitative estimate of drug-likeness (QED) is 0.385. The van der Waals surface area contributed by atoms with Gasteiger partial charge in [0.25, 0.3) is 0 Å². The monoisotopic (exact) mass is 158 g/mol. The van der Waals surface area contributed by atoms with Gasteiger partial charge in [0.05, 0.1) is 6.61 Å². The van der Waals surface area contributed by atoms with Crippen LogP contribution in [0.1, 0.15) is 6.92 Å². The average molecular weight is 158 g/mol. The predicted molar refractivity (Wildman–Crippen MR) is 38.1 cm³/mol. The van der Waals surface area contributed by atoms with Crippen LogP contribution in [-0.4, -0.2) is 53.6 Å². The lowest BCUT2D eigenvalue weighted by atomic mass is 9.82. The fourth-order valence-corrected chi connectivity index (χ4v) is 1.09. The van der Waals surface area contributed by atoms with Crippen LogP contribution >= 0.6 is 0 Å². The first kappa shape index (κ1) is 9.00. The highest BCUT2D eigenvalue weighted by Crippen LogP contribution is 2.28. The molecule has 0 aliphatic carbocycles. The van der Waals surface area contributed by atoms with Crippen molar-refractivity contribution in [2.24, 2.45) is 0 Å². The van der Waals surface area contributed by atoms with Gasteiger partial charge in [-0.2, -0.15) is 0 Å². The molecule has 2 radical (unpaired) electrons. The van der Waals surface area contributed by atoms with Crippen LogP contribution in [0.15, 0.2) is 0 Å². The van der Waals surface area contributed by atoms with Crippen molar-refractivity contribution < 1.29 is 20.1 Å². The molecule has 0 aromatic heterocycles. The van der Waals surface area contributed by atoms with Crippen molar-refractivity contribution in [1.82, 2.24) is 0 Å². The van der Waals surface area contributed by atoms with Crippen molar-refractivity contribution >= 4 is 7.85 Å². The molecule has 0 spiro atoms. The Morgan fingerprint density at radius 2 is 2.18 bits per heavy atom. The van der Waals surface area contributed by atoms with Gasteiger partial charge in [-0.15, -0.1) is 0 Å². The van der Waals surface area contributed by atoms with Gasteiger partial charge in [0.2, 0.25) is 0 Å². The van der Waals surface area contributed by atoms with Crippen molar-refractivity contribution in [2.75, 3.05) is 6.61 Å². The van der Waals surface area contributed by atoms with E-state index in [0.717, 1.165) is 0 Å². The van der Waals surface area contributed by atoms with Gasteiger partial charge in [-0.3, -0.25) is 0 Å². The Labute approximate surface area is 66.2 Å². The fraction of sp³-hybridized carbons (Fsp3) is 1.00. The lowest BCUT2D eigenvalue weighted by molar-refractivity contribution is -0.0467. The van der Waals surface area contributed by atoms with E-state index in [1.807, 2.05) is 0 Å². The normalized spacial score (nSPS) is 51.5. The van der Waals surface area contributed by atoms with Gasteiger partial charge >= 0.3 is 0 Å². The van der Waals surface area contributed by atoms with Gasteiger partial charge in [0.1, 0.15) is 25.7 Å². The SMILES string of the molecule is [B][C@@H]1O[C@H](CO)[C@H](O)C1(C)O. The molecule has 11 heavy (non-hydrogen) atoms. The van der Waals surface area contributed by atoms with E-state index >= 15 is 0 Å². The van der Waals surface area contributed by atoms with Crippen LogP contribution in [0.4, 0.5) is 0 Å². The molecule has 1 saturated heterocycles. The second kappa shape index (κ2) is 2.75. The van der Waals surface area contributed by atoms with Crippen LogP contribution in [0, 0.1) is 0 Å².